The van der Waals surface area contributed by atoms with Crippen molar-refractivity contribution in [3.63, 3.8) is 0 Å². The Morgan fingerprint density at radius 1 is 1.25 bits per heavy atom. The Bertz CT molecular complexity index is 668. The van der Waals surface area contributed by atoms with Crippen LogP contribution in [0.15, 0.2) is 41.5 Å². The van der Waals surface area contributed by atoms with E-state index in [1.165, 1.54) is 7.11 Å². The summed E-state index contributed by atoms with van der Waals surface area (Å²) in [4.78, 5) is 23.9. The molecule has 5 heteroatoms. The number of hydrogen-bond donors (Lipinski definition) is 0. The van der Waals surface area contributed by atoms with Crippen molar-refractivity contribution in [1.82, 2.24) is 9.13 Å². The van der Waals surface area contributed by atoms with Gasteiger partial charge in [-0.05, 0) is 25.5 Å². The third-order valence-corrected chi connectivity index (χ3v) is 3.19. The first-order valence-corrected chi connectivity index (χ1v) is 6.48. The number of nitrogens with zero attached hydrogens (tertiary/aromatic N) is 2. The predicted octanol–water partition coefficient (Wildman–Crippen LogP) is 2.07. The minimum Gasteiger partial charge on any atom is -0.465 e. The van der Waals surface area contributed by atoms with E-state index in [4.69, 9.17) is 4.74 Å². The Kier molecular flexibility index (Phi) is 4.08. The van der Waals surface area contributed by atoms with Crippen LogP contribution in [0.5, 0.6) is 0 Å². The number of hydrogen-bond acceptors (Lipinski definition) is 3. The molecule has 20 heavy (non-hydrogen) atoms. The molecule has 1 aromatic carbocycles. The molecule has 0 fully saturated rings. The van der Waals surface area contributed by atoms with E-state index in [-0.39, 0.29) is 11.7 Å². The summed E-state index contributed by atoms with van der Waals surface area (Å²) in [6.07, 6.45) is 3.49. The van der Waals surface area contributed by atoms with Crippen molar-refractivity contribution in [3.8, 4) is 0 Å². The van der Waals surface area contributed by atoms with Gasteiger partial charge in [-0.15, -0.1) is 0 Å². The van der Waals surface area contributed by atoms with E-state index in [2.05, 4.69) is 0 Å². The fourth-order valence-electron chi connectivity index (χ4n) is 2.09. The maximum atomic E-state index is 12.2. The van der Waals surface area contributed by atoms with Crippen molar-refractivity contribution in [3.05, 3.63) is 58.3 Å². The van der Waals surface area contributed by atoms with Gasteiger partial charge in [0.1, 0.15) is 0 Å². The molecule has 0 radical (unpaired) electrons. The van der Waals surface area contributed by atoms with Crippen LogP contribution in [-0.2, 0) is 11.3 Å². The number of aromatic nitrogens is 2. The van der Waals surface area contributed by atoms with E-state index in [0.717, 1.165) is 5.56 Å². The lowest BCUT2D eigenvalue weighted by atomic mass is 10.1. The predicted molar refractivity (Wildman–Crippen MR) is 76.0 cm³/mol. The molecule has 0 aliphatic carbocycles. The quantitative estimate of drug-likeness (QED) is 0.802. The smallest absolute Gasteiger partial charge is 0.338 e. The minimum absolute atomic E-state index is 0.0836. The number of methoxy groups -OCH3 is 1. The SMILES string of the molecule is COC(=O)c1ccccc1Cn1ccn(C(C)C)c1=O. The van der Waals surface area contributed by atoms with E-state index in [1.807, 2.05) is 26.0 Å². The van der Waals surface area contributed by atoms with Gasteiger partial charge in [0.05, 0.1) is 19.2 Å². The van der Waals surface area contributed by atoms with Gasteiger partial charge in [-0.25, -0.2) is 9.59 Å². The van der Waals surface area contributed by atoms with Crippen LogP contribution in [0.3, 0.4) is 0 Å². The largest absolute Gasteiger partial charge is 0.465 e. The Hall–Kier alpha value is -2.30. The van der Waals surface area contributed by atoms with Crippen LogP contribution >= 0.6 is 0 Å². The molecule has 0 saturated carbocycles. The zero-order chi connectivity index (χ0) is 14.7. The molecule has 1 aromatic heterocycles. The zero-order valence-corrected chi connectivity index (χ0v) is 11.9. The maximum absolute atomic E-state index is 12.2. The third kappa shape index (κ3) is 2.66. The topological polar surface area (TPSA) is 53.2 Å². The van der Waals surface area contributed by atoms with Crippen LogP contribution in [0, 0.1) is 0 Å². The van der Waals surface area contributed by atoms with Gasteiger partial charge in [-0.3, -0.25) is 9.13 Å². The van der Waals surface area contributed by atoms with Crippen LogP contribution < -0.4 is 5.69 Å². The molecule has 1 heterocycles. The van der Waals surface area contributed by atoms with Crippen molar-refractivity contribution >= 4 is 5.97 Å². The van der Waals surface area contributed by atoms with Gasteiger partial charge < -0.3 is 4.74 Å². The molecular weight excluding hydrogens is 256 g/mol. The van der Waals surface area contributed by atoms with Crippen molar-refractivity contribution in [1.29, 1.82) is 0 Å². The molecule has 0 unspecified atom stereocenters. The van der Waals surface area contributed by atoms with E-state index in [0.29, 0.717) is 12.1 Å². The molecule has 2 aromatic rings. The van der Waals surface area contributed by atoms with Gasteiger partial charge in [-0.2, -0.15) is 0 Å². The molecule has 0 amide bonds. The Morgan fingerprint density at radius 3 is 2.55 bits per heavy atom. The first kappa shape index (κ1) is 14.1. The van der Waals surface area contributed by atoms with Gasteiger partial charge in [0, 0.05) is 18.4 Å². The first-order chi connectivity index (χ1) is 9.54. The molecule has 0 saturated heterocycles. The highest BCUT2D eigenvalue weighted by molar-refractivity contribution is 5.90. The van der Waals surface area contributed by atoms with Crippen molar-refractivity contribution in [2.45, 2.75) is 26.4 Å². The lowest BCUT2D eigenvalue weighted by Crippen LogP contribution is -2.26. The van der Waals surface area contributed by atoms with Crippen LogP contribution in [0.25, 0.3) is 0 Å². The van der Waals surface area contributed by atoms with Gasteiger partial charge in [0.2, 0.25) is 0 Å². The fraction of sp³-hybridized carbons (Fsp3) is 0.333. The van der Waals surface area contributed by atoms with E-state index < -0.39 is 5.97 Å². The van der Waals surface area contributed by atoms with Crippen LogP contribution in [-0.4, -0.2) is 22.2 Å². The second-order valence-corrected chi connectivity index (χ2v) is 4.86. The van der Waals surface area contributed by atoms with Gasteiger partial charge in [-0.1, -0.05) is 18.2 Å². The molecule has 2 rings (SSSR count). The zero-order valence-electron chi connectivity index (χ0n) is 11.9. The average Bonchev–Trinajstić information content (AvgIpc) is 2.80. The Morgan fingerprint density at radius 2 is 1.95 bits per heavy atom. The average molecular weight is 274 g/mol. The Labute approximate surface area is 117 Å². The summed E-state index contributed by atoms with van der Waals surface area (Å²) < 4.78 is 8.00. The first-order valence-electron chi connectivity index (χ1n) is 6.48. The number of ether oxygens (including phenoxy) is 1. The molecule has 0 aliphatic heterocycles. The summed E-state index contributed by atoms with van der Waals surface area (Å²) in [5.41, 5.74) is 1.17. The molecule has 0 spiro atoms. The second-order valence-electron chi connectivity index (χ2n) is 4.86. The van der Waals surface area contributed by atoms with Crippen LogP contribution in [0.4, 0.5) is 0 Å². The molecule has 0 N–H and O–H groups in total. The number of carbonyl (C=O) groups excluding carboxylic acids is 1. The number of imidazole rings is 1. The summed E-state index contributed by atoms with van der Waals surface area (Å²) >= 11 is 0. The van der Waals surface area contributed by atoms with E-state index >= 15 is 0 Å². The molecule has 0 atom stereocenters. The number of rotatable bonds is 4. The molecule has 5 nitrogen and oxygen atoms in total. The number of benzene rings is 1. The normalized spacial score (nSPS) is 10.8. The highest BCUT2D eigenvalue weighted by Gasteiger charge is 2.13. The van der Waals surface area contributed by atoms with E-state index in [1.54, 1.807) is 33.7 Å². The van der Waals surface area contributed by atoms with Crippen molar-refractivity contribution in [2.24, 2.45) is 0 Å². The molecule has 106 valence electrons. The van der Waals surface area contributed by atoms with Crippen LogP contribution in [0.2, 0.25) is 0 Å². The Balaban J connectivity index is 2.36. The number of carbonyl (C=O) groups is 1. The molecule has 0 bridgehead atoms. The van der Waals surface area contributed by atoms with Gasteiger partial charge >= 0.3 is 11.7 Å². The van der Waals surface area contributed by atoms with Gasteiger partial charge in [0.25, 0.3) is 0 Å². The summed E-state index contributed by atoms with van der Waals surface area (Å²) in [6.45, 7) is 4.26. The monoisotopic (exact) mass is 274 g/mol. The lowest BCUT2D eigenvalue weighted by Gasteiger charge is -2.08. The van der Waals surface area contributed by atoms with E-state index in [9.17, 15) is 9.59 Å². The summed E-state index contributed by atoms with van der Waals surface area (Å²) in [6, 6.07) is 7.25. The maximum Gasteiger partial charge on any atom is 0.338 e. The molecule has 0 aliphatic rings. The number of esters is 1. The minimum atomic E-state index is -0.392. The lowest BCUT2D eigenvalue weighted by molar-refractivity contribution is 0.0599. The summed E-state index contributed by atoms with van der Waals surface area (Å²) in [5, 5.41) is 0. The van der Waals surface area contributed by atoms with Crippen molar-refractivity contribution < 1.29 is 9.53 Å². The van der Waals surface area contributed by atoms with Gasteiger partial charge in [0.15, 0.2) is 0 Å². The second kappa shape index (κ2) is 5.77. The highest BCUT2D eigenvalue weighted by atomic mass is 16.5. The fourth-order valence-corrected chi connectivity index (χ4v) is 2.09. The summed E-state index contributed by atoms with van der Waals surface area (Å²) in [5.74, 6) is -0.392. The van der Waals surface area contributed by atoms with Crippen molar-refractivity contribution in [2.75, 3.05) is 7.11 Å². The standard InChI is InChI=1S/C15H18N2O3/c1-11(2)17-9-8-16(15(17)19)10-12-6-4-5-7-13(12)14(18)20-3/h4-9,11H,10H2,1-3H3. The highest BCUT2D eigenvalue weighted by Crippen LogP contribution is 2.11. The summed E-state index contributed by atoms with van der Waals surface area (Å²) in [7, 11) is 1.35. The third-order valence-electron chi connectivity index (χ3n) is 3.19. The van der Waals surface area contributed by atoms with Crippen LogP contribution in [0.1, 0.15) is 35.8 Å². The molecular formula is C15H18N2O3.